The van der Waals surface area contributed by atoms with Gasteiger partial charge in [0.05, 0.1) is 17.2 Å². The molecule has 3 rings (SSSR count). The van der Waals surface area contributed by atoms with Crippen molar-refractivity contribution in [1.29, 1.82) is 0 Å². The molecule has 0 saturated carbocycles. The summed E-state index contributed by atoms with van der Waals surface area (Å²) in [6, 6.07) is 8.59. The first-order chi connectivity index (χ1) is 10.4. The predicted molar refractivity (Wildman–Crippen MR) is 83.1 cm³/mol. The molecule has 0 N–H and O–H groups in total. The number of benzene rings is 1. The second kappa shape index (κ2) is 5.29. The molecule has 22 heavy (non-hydrogen) atoms. The first-order valence-electron chi connectivity index (χ1n) is 7.06. The minimum Gasteiger partial charge on any atom is -0.484 e. The van der Waals surface area contributed by atoms with Crippen LogP contribution < -0.4 is 9.64 Å². The number of aromatic nitrogens is 1. The van der Waals surface area contributed by atoms with Crippen LogP contribution in [0, 0.1) is 10.1 Å². The summed E-state index contributed by atoms with van der Waals surface area (Å²) in [4.78, 5) is 16.9. The van der Waals surface area contributed by atoms with Gasteiger partial charge in [0.25, 0.3) is 5.69 Å². The highest BCUT2D eigenvalue weighted by atomic mass is 16.6. The van der Waals surface area contributed by atoms with E-state index in [4.69, 9.17) is 4.74 Å². The van der Waals surface area contributed by atoms with E-state index >= 15 is 0 Å². The molecule has 0 radical (unpaired) electrons. The van der Waals surface area contributed by atoms with Crippen LogP contribution in [0.3, 0.4) is 0 Å². The molecule has 2 aromatic rings. The van der Waals surface area contributed by atoms with Gasteiger partial charge in [-0.15, -0.1) is 0 Å². The van der Waals surface area contributed by atoms with Gasteiger partial charge in [-0.25, -0.2) is 0 Å². The number of nitrogens with zero attached hydrogens (tertiary/aromatic N) is 3. The zero-order valence-corrected chi connectivity index (χ0v) is 12.5. The van der Waals surface area contributed by atoms with Crippen molar-refractivity contribution < 1.29 is 9.66 Å². The maximum atomic E-state index is 11.0. The zero-order valence-electron chi connectivity index (χ0n) is 12.5. The summed E-state index contributed by atoms with van der Waals surface area (Å²) < 4.78 is 5.94. The summed E-state index contributed by atoms with van der Waals surface area (Å²) >= 11 is 0. The normalized spacial score (nSPS) is 15.8. The molecule has 114 valence electrons. The van der Waals surface area contributed by atoms with Gasteiger partial charge in [0.1, 0.15) is 11.4 Å². The van der Waals surface area contributed by atoms with Crippen LogP contribution in [0.2, 0.25) is 0 Å². The van der Waals surface area contributed by atoms with Crippen LogP contribution in [0.25, 0.3) is 0 Å². The second-order valence-electron chi connectivity index (χ2n) is 5.99. The predicted octanol–water partition coefficient (Wildman–Crippen LogP) is 3.17. The van der Waals surface area contributed by atoms with Crippen LogP contribution in [-0.2, 0) is 6.54 Å². The average molecular weight is 299 g/mol. The number of rotatable bonds is 3. The highest BCUT2D eigenvalue weighted by molar-refractivity contribution is 5.65. The van der Waals surface area contributed by atoms with E-state index in [2.05, 4.69) is 9.88 Å². The van der Waals surface area contributed by atoms with E-state index in [0.29, 0.717) is 18.8 Å². The summed E-state index contributed by atoms with van der Waals surface area (Å²) in [5.74, 6) is 0.672. The van der Waals surface area contributed by atoms with Crippen LogP contribution in [0.1, 0.15) is 19.4 Å². The minimum atomic E-state index is -0.387. The Labute approximate surface area is 128 Å². The molecule has 0 amide bonds. The molecule has 1 aromatic heterocycles. The van der Waals surface area contributed by atoms with Gasteiger partial charge in [0.15, 0.2) is 0 Å². The Morgan fingerprint density at radius 1 is 1.41 bits per heavy atom. The lowest BCUT2D eigenvalue weighted by Crippen LogP contribution is -2.46. The summed E-state index contributed by atoms with van der Waals surface area (Å²) in [5.41, 5.74) is 1.51. The van der Waals surface area contributed by atoms with E-state index in [-0.39, 0.29) is 16.2 Å². The topological polar surface area (TPSA) is 68.5 Å². The summed E-state index contributed by atoms with van der Waals surface area (Å²) in [6.07, 6.45) is 3.53. The molecule has 1 aliphatic heterocycles. The fraction of sp³-hybridized carbons (Fsp3) is 0.312. The summed E-state index contributed by atoms with van der Waals surface area (Å²) in [6.45, 7) is 5.30. The first kappa shape index (κ1) is 14.3. The fourth-order valence-electron chi connectivity index (χ4n) is 2.68. The lowest BCUT2D eigenvalue weighted by atomic mass is 10.0. The largest absolute Gasteiger partial charge is 0.484 e. The number of non-ortho nitro benzene ring substituents is 1. The van der Waals surface area contributed by atoms with Gasteiger partial charge < -0.3 is 9.64 Å². The molecule has 0 bridgehead atoms. The SMILES string of the molecule is CC1(C)CN(Cc2cccnc2)c2cc([N+](=O)[O-])ccc2O1. The Bertz CT molecular complexity index is 701. The van der Waals surface area contributed by atoms with E-state index in [1.54, 1.807) is 24.5 Å². The van der Waals surface area contributed by atoms with Crippen molar-refractivity contribution in [2.75, 3.05) is 11.4 Å². The van der Waals surface area contributed by atoms with E-state index in [1.165, 1.54) is 6.07 Å². The fourth-order valence-corrected chi connectivity index (χ4v) is 2.68. The number of nitro benzene ring substituents is 1. The number of fused-ring (bicyclic) bond motifs is 1. The maximum Gasteiger partial charge on any atom is 0.271 e. The van der Waals surface area contributed by atoms with Crippen molar-refractivity contribution in [3.05, 3.63) is 58.4 Å². The van der Waals surface area contributed by atoms with E-state index in [0.717, 1.165) is 11.3 Å². The molecule has 0 spiro atoms. The molecule has 1 aliphatic rings. The third-order valence-corrected chi connectivity index (χ3v) is 3.55. The molecule has 0 unspecified atom stereocenters. The number of hydrogen-bond acceptors (Lipinski definition) is 5. The third-order valence-electron chi connectivity index (χ3n) is 3.55. The Hall–Kier alpha value is -2.63. The second-order valence-corrected chi connectivity index (χ2v) is 5.99. The lowest BCUT2D eigenvalue weighted by molar-refractivity contribution is -0.384. The Morgan fingerprint density at radius 2 is 2.23 bits per heavy atom. The summed E-state index contributed by atoms with van der Waals surface area (Å²) in [7, 11) is 0. The molecule has 6 nitrogen and oxygen atoms in total. The lowest BCUT2D eigenvalue weighted by Gasteiger charge is -2.40. The molecule has 0 saturated heterocycles. The Balaban J connectivity index is 1.99. The van der Waals surface area contributed by atoms with Crippen molar-refractivity contribution in [2.24, 2.45) is 0 Å². The molecule has 2 heterocycles. The van der Waals surface area contributed by atoms with Crippen molar-refractivity contribution in [1.82, 2.24) is 4.98 Å². The first-order valence-corrected chi connectivity index (χ1v) is 7.06. The van der Waals surface area contributed by atoms with Crippen LogP contribution in [0.5, 0.6) is 5.75 Å². The molecule has 0 aliphatic carbocycles. The maximum absolute atomic E-state index is 11.0. The van der Waals surface area contributed by atoms with Gasteiger partial charge in [-0.1, -0.05) is 6.07 Å². The quantitative estimate of drug-likeness (QED) is 0.643. The Kier molecular flexibility index (Phi) is 3.44. The van der Waals surface area contributed by atoms with Crippen molar-refractivity contribution in [3.63, 3.8) is 0 Å². The number of ether oxygens (including phenoxy) is 1. The minimum absolute atomic E-state index is 0.0678. The number of hydrogen-bond donors (Lipinski definition) is 0. The van der Waals surface area contributed by atoms with E-state index < -0.39 is 0 Å². The van der Waals surface area contributed by atoms with Gasteiger partial charge >= 0.3 is 0 Å². The van der Waals surface area contributed by atoms with Gasteiger partial charge in [0.2, 0.25) is 0 Å². The average Bonchev–Trinajstić information content (AvgIpc) is 2.46. The van der Waals surface area contributed by atoms with Crippen LogP contribution in [-0.4, -0.2) is 22.1 Å². The van der Waals surface area contributed by atoms with Crippen molar-refractivity contribution >= 4 is 11.4 Å². The van der Waals surface area contributed by atoms with Crippen LogP contribution in [0.15, 0.2) is 42.7 Å². The molecular formula is C16H17N3O3. The smallest absolute Gasteiger partial charge is 0.271 e. The number of anilines is 1. The molecular weight excluding hydrogens is 282 g/mol. The third kappa shape index (κ3) is 2.86. The zero-order chi connectivity index (χ0) is 15.7. The molecule has 6 heteroatoms. The van der Waals surface area contributed by atoms with Gasteiger partial charge in [-0.3, -0.25) is 15.1 Å². The monoisotopic (exact) mass is 299 g/mol. The standard InChI is InChI=1S/C16H17N3O3/c1-16(2)11-18(10-12-4-3-7-17-9-12)14-8-13(19(20)21)5-6-15(14)22-16/h3-9H,10-11H2,1-2H3. The van der Waals surface area contributed by atoms with Gasteiger partial charge in [-0.2, -0.15) is 0 Å². The number of nitro groups is 1. The van der Waals surface area contributed by atoms with Crippen LogP contribution >= 0.6 is 0 Å². The summed E-state index contributed by atoms with van der Waals surface area (Å²) in [5, 5.41) is 11.0. The highest BCUT2D eigenvalue weighted by Gasteiger charge is 2.32. The van der Waals surface area contributed by atoms with E-state index in [9.17, 15) is 10.1 Å². The highest BCUT2D eigenvalue weighted by Crippen LogP contribution is 2.39. The van der Waals surface area contributed by atoms with Gasteiger partial charge in [-0.05, 0) is 31.5 Å². The van der Waals surface area contributed by atoms with Crippen LogP contribution in [0.4, 0.5) is 11.4 Å². The molecule has 0 atom stereocenters. The van der Waals surface area contributed by atoms with Crippen molar-refractivity contribution in [3.8, 4) is 5.75 Å². The van der Waals surface area contributed by atoms with E-state index in [1.807, 2.05) is 26.0 Å². The number of pyridine rings is 1. The Morgan fingerprint density at radius 3 is 2.91 bits per heavy atom. The van der Waals surface area contributed by atoms with Crippen molar-refractivity contribution in [2.45, 2.75) is 26.0 Å². The molecule has 0 fully saturated rings. The molecule has 1 aromatic carbocycles. The van der Waals surface area contributed by atoms with Gasteiger partial charge in [0, 0.05) is 31.1 Å².